The molecule has 19 heavy (non-hydrogen) atoms. The molecule has 1 aromatic carbocycles. The number of carbonyl (C=O) groups excluding carboxylic acids is 1. The van der Waals surface area contributed by atoms with E-state index in [1.807, 2.05) is 6.92 Å². The maximum Gasteiger partial charge on any atom is 0.328 e. The lowest BCUT2D eigenvalue weighted by Crippen LogP contribution is -2.24. The molecule has 0 aliphatic rings. The molecule has 0 saturated heterocycles. The molecule has 0 unspecified atom stereocenters. The Labute approximate surface area is 110 Å². The molecule has 0 aliphatic carbocycles. The monoisotopic (exact) mass is 265 g/mol. The van der Waals surface area contributed by atoms with Gasteiger partial charge in [0.2, 0.25) is 0 Å². The van der Waals surface area contributed by atoms with Gasteiger partial charge in [-0.15, -0.1) is 0 Å². The van der Waals surface area contributed by atoms with Gasteiger partial charge in [-0.3, -0.25) is 4.79 Å². The highest BCUT2D eigenvalue weighted by molar-refractivity contribution is 5.94. The summed E-state index contributed by atoms with van der Waals surface area (Å²) in [6, 6.07) is 3.94. The lowest BCUT2D eigenvalue weighted by molar-refractivity contribution is -0.131. The molecular formula is C14H16FNO3. The van der Waals surface area contributed by atoms with Crippen LogP contribution >= 0.6 is 0 Å². The van der Waals surface area contributed by atoms with Crippen molar-refractivity contribution in [1.82, 2.24) is 5.32 Å². The number of carbonyl (C=O) groups is 2. The molecule has 0 saturated carbocycles. The fourth-order valence-electron chi connectivity index (χ4n) is 1.45. The molecule has 1 aromatic rings. The van der Waals surface area contributed by atoms with Crippen molar-refractivity contribution in [2.75, 3.05) is 6.54 Å². The zero-order chi connectivity index (χ0) is 14.3. The van der Waals surface area contributed by atoms with Crippen LogP contribution in [0.25, 0.3) is 6.08 Å². The van der Waals surface area contributed by atoms with Gasteiger partial charge in [0.25, 0.3) is 5.91 Å². The molecule has 4 nitrogen and oxygen atoms in total. The summed E-state index contributed by atoms with van der Waals surface area (Å²) in [4.78, 5) is 22.0. The molecule has 0 aromatic heterocycles. The van der Waals surface area contributed by atoms with E-state index in [1.165, 1.54) is 12.1 Å². The van der Waals surface area contributed by atoms with Crippen molar-refractivity contribution in [3.63, 3.8) is 0 Å². The molecule has 2 N–H and O–H groups in total. The van der Waals surface area contributed by atoms with Gasteiger partial charge in [0, 0.05) is 23.7 Å². The van der Waals surface area contributed by atoms with Gasteiger partial charge in [0.05, 0.1) is 0 Å². The van der Waals surface area contributed by atoms with Gasteiger partial charge >= 0.3 is 5.97 Å². The minimum Gasteiger partial charge on any atom is -0.478 e. The van der Waals surface area contributed by atoms with Crippen molar-refractivity contribution in [1.29, 1.82) is 0 Å². The van der Waals surface area contributed by atoms with Gasteiger partial charge in [0.15, 0.2) is 0 Å². The summed E-state index contributed by atoms with van der Waals surface area (Å²) in [6.45, 7) is 2.56. The molecule has 1 rings (SSSR count). The van der Waals surface area contributed by atoms with Crippen LogP contribution in [0.15, 0.2) is 24.3 Å². The Morgan fingerprint density at radius 2 is 2.16 bits per heavy atom. The molecule has 0 spiro atoms. The molecule has 0 heterocycles. The molecule has 0 bridgehead atoms. The molecule has 0 radical (unpaired) electrons. The second kappa shape index (κ2) is 7.31. The molecule has 0 atom stereocenters. The van der Waals surface area contributed by atoms with Crippen LogP contribution in [0.1, 0.15) is 35.7 Å². The fraction of sp³-hybridized carbons (Fsp3) is 0.286. The number of amides is 1. The number of unbranched alkanes of at least 4 members (excludes halogenated alkanes) is 1. The Kier molecular flexibility index (Phi) is 5.73. The normalized spacial score (nSPS) is 10.6. The largest absolute Gasteiger partial charge is 0.478 e. The summed E-state index contributed by atoms with van der Waals surface area (Å²) in [5.41, 5.74) is 0.355. The van der Waals surface area contributed by atoms with Crippen molar-refractivity contribution >= 4 is 18.0 Å². The first-order valence-corrected chi connectivity index (χ1v) is 6.03. The van der Waals surface area contributed by atoms with Crippen molar-refractivity contribution in [2.24, 2.45) is 0 Å². The standard InChI is InChI=1S/C14H16FNO3/c1-2-3-8-16-14(19)11-5-4-10(12(15)9-11)6-7-13(17)18/h4-7,9H,2-3,8H2,1H3,(H,16,19)(H,17,18). The number of carboxylic acid groups (broad SMARTS) is 1. The van der Waals surface area contributed by atoms with Crippen molar-refractivity contribution in [3.05, 3.63) is 41.2 Å². The van der Waals surface area contributed by atoms with E-state index >= 15 is 0 Å². The number of rotatable bonds is 6. The Morgan fingerprint density at radius 3 is 2.74 bits per heavy atom. The van der Waals surface area contributed by atoms with Gasteiger partial charge in [-0.05, 0) is 24.6 Å². The number of hydrogen-bond acceptors (Lipinski definition) is 2. The van der Waals surface area contributed by atoms with Crippen LogP contribution in [0.5, 0.6) is 0 Å². The van der Waals surface area contributed by atoms with Crippen LogP contribution in [-0.4, -0.2) is 23.5 Å². The van der Waals surface area contributed by atoms with Gasteiger partial charge in [0.1, 0.15) is 5.82 Å². The van der Waals surface area contributed by atoms with E-state index in [4.69, 9.17) is 5.11 Å². The van der Waals surface area contributed by atoms with E-state index in [1.54, 1.807) is 0 Å². The zero-order valence-electron chi connectivity index (χ0n) is 10.6. The van der Waals surface area contributed by atoms with Crippen molar-refractivity contribution in [3.8, 4) is 0 Å². The lowest BCUT2D eigenvalue weighted by Gasteiger charge is -2.05. The molecule has 5 heteroatoms. The third-order valence-electron chi connectivity index (χ3n) is 2.48. The summed E-state index contributed by atoms with van der Waals surface area (Å²) in [5.74, 6) is -2.11. The van der Waals surface area contributed by atoms with Crippen LogP contribution in [0.4, 0.5) is 4.39 Å². The smallest absolute Gasteiger partial charge is 0.328 e. The summed E-state index contributed by atoms with van der Waals surface area (Å²) in [5, 5.41) is 11.1. The predicted molar refractivity (Wildman–Crippen MR) is 70.3 cm³/mol. The average Bonchev–Trinajstić information content (AvgIpc) is 2.37. The third-order valence-corrected chi connectivity index (χ3v) is 2.48. The molecule has 102 valence electrons. The van der Waals surface area contributed by atoms with Crippen molar-refractivity contribution in [2.45, 2.75) is 19.8 Å². The van der Waals surface area contributed by atoms with Gasteiger partial charge in [-0.2, -0.15) is 0 Å². The van der Waals surface area contributed by atoms with Crippen LogP contribution < -0.4 is 5.32 Å². The quantitative estimate of drug-likeness (QED) is 0.613. The molecule has 1 amide bonds. The minimum atomic E-state index is -1.15. The van der Waals surface area contributed by atoms with E-state index in [-0.39, 0.29) is 17.0 Å². The minimum absolute atomic E-state index is 0.132. The summed E-state index contributed by atoms with van der Waals surface area (Å²) in [7, 11) is 0. The summed E-state index contributed by atoms with van der Waals surface area (Å²) in [6.07, 6.45) is 3.83. The first kappa shape index (κ1) is 14.9. The van der Waals surface area contributed by atoms with E-state index in [9.17, 15) is 14.0 Å². The number of benzene rings is 1. The average molecular weight is 265 g/mol. The SMILES string of the molecule is CCCCNC(=O)c1ccc(C=CC(=O)O)c(F)c1. The summed E-state index contributed by atoms with van der Waals surface area (Å²) >= 11 is 0. The Hall–Kier alpha value is -2.17. The second-order valence-corrected chi connectivity index (χ2v) is 4.02. The maximum absolute atomic E-state index is 13.6. The number of hydrogen-bond donors (Lipinski definition) is 2. The zero-order valence-corrected chi connectivity index (χ0v) is 10.6. The predicted octanol–water partition coefficient (Wildman–Crippen LogP) is 2.45. The van der Waals surface area contributed by atoms with Gasteiger partial charge in [-0.1, -0.05) is 19.4 Å². The molecular weight excluding hydrogens is 249 g/mol. The van der Waals surface area contributed by atoms with Gasteiger partial charge < -0.3 is 10.4 Å². The van der Waals surface area contributed by atoms with Crippen LogP contribution in [0, 0.1) is 5.82 Å². The Morgan fingerprint density at radius 1 is 1.42 bits per heavy atom. The van der Waals surface area contributed by atoms with Crippen LogP contribution in [-0.2, 0) is 4.79 Å². The molecule has 0 fully saturated rings. The van der Waals surface area contributed by atoms with Crippen LogP contribution in [0.2, 0.25) is 0 Å². The third kappa shape index (κ3) is 4.91. The van der Waals surface area contributed by atoms with E-state index in [0.29, 0.717) is 6.54 Å². The Bertz CT molecular complexity index is 497. The summed E-state index contributed by atoms with van der Waals surface area (Å²) < 4.78 is 13.6. The Balaban J connectivity index is 2.76. The van der Waals surface area contributed by atoms with Gasteiger partial charge in [-0.25, -0.2) is 9.18 Å². The van der Waals surface area contributed by atoms with E-state index < -0.39 is 11.8 Å². The maximum atomic E-state index is 13.6. The number of halogens is 1. The highest BCUT2D eigenvalue weighted by atomic mass is 19.1. The first-order valence-electron chi connectivity index (χ1n) is 6.03. The fourth-order valence-corrected chi connectivity index (χ4v) is 1.45. The number of carboxylic acids is 1. The van der Waals surface area contributed by atoms with Crippen molar-refractivity contribution < 1.29 is 19.1 Å². The number of nitrogens with one attached hydrogen (secondary N) is 1. The van der Waals surface area contributed by atoms with E-state index in [0.717, 1.165) is 31.1 Å². The highest BCUT2D eigenvalue weighted by Gasteiger charge is 2.08. The highest BCUT2D eigenvalue weighted by Crippen LogP contribution is 2.12. The topological polar surface area (TPSA) is 66.4 Å². The first-order chi connectivity index (χ1) is 9.04. The second-order valence-electron chi connectivity index (χ2n) is 4.02. The number of aliphatic carboxylic acids is 1. The van der Waals surface area contributed by atoms with E-state index in [2.05, 4.69) is 5.32 Å². The molecule has 0 aliphatic heterocycles. The lowest BCUT2D eigenvalue weighted by atomic mass is 10.1. The van der Waals surface area contributed by atoms with Crippen LogP contribution in [0.3, 0.4) is 0 Å².